The first-order valence-electron chi connectivity index (χ1n) is 5.85. The van der Waals surface area contributed by atoms with Crippen molar-refractivity contribution < 1.29 is 4.79 Å². The number of carbonyl (C=O) groups is 1. The number of rotatable bonds is 4. The minimum Gasteiger partial charge on any atom is -0.377 e. The van der Waals surface area contributed by atoms with Gasteiger partial charge in [-0.25, -0.2) is 0 Å². The topological polar surface area (TPSA) is 29.1 Å². The summed E-state index contributed by atoms with van der Waals surface area (Å²) in [4.78, 5) is 12.0. The summed E-state index contributed by atoms with van der Waals surface area (Å²) in [5.74, 6) is 0.0480. The van der Waals surface area contributed by atoms with Crippen LogP contribution in [0.1, 0.15) is 15.9 Å². The second kappa shape index (κ2) is 6.22. The van der Waals surface area contributed by atoms with Crippen LogP contribution in [0, 0.1) is 6.92 Å². The van der Waals surface area contributed by atoms with Gasteiger partial charge in [0.15, 0.2) is 5.78 Å². The summed E-state index contributed by atoms with van der Waals surface area (Å²) in [6, 6.07) is 12.9. The molecule has 0 bridgehead atoms. The summed E-state index contributed by atoms with van der Waals surface area (Å²) >= 11 is 9.28. The average Bonchev–Trinajstić information content (AvgIpc) is 2.40. The van der Waals surface area contributed by atoms with Gasteiger partial charge in [0, 0.05) is 20.7 Å². The molecule has 0 unspecified atom stereocenters. The third-order valence-electron chi connectivity index (χ3n) is 2.81. The number of carbonyl (C=O) groups excluding carboxylic acids is 1. The molecule has 0 radical (unpaired) electrons. The average molecular weight is 339 g/mol. The third-order valence-corrected chi connectivity index (χ3v) is 3.57. The minimum absolute atomic E-state index is 0.0480. The van der Waals surface area contributed by atoms with Crippen LogP contribution in [0.3, 0.4) is 0 Å². The van der Waals surface area contributed by atoms with E-state index in [2.05, 4.69) is 21.2 Å². The highest BCUT2D eigenvalue weighted by atomic mass is 79.9. The maximum Gasteiger partial charge on any atom is 0.181 e. The fraction of sp³-hybridized carbons (Fsp3) is 0.133. The van der Waals surface area contributed by atoms with Crippen molar-refractivity contribution in [2.75, 3.05) is 11.9 Å². The largest absolute Gasteiger partial charge is 0.377 e. The van der Waals surface area contributed by atoms with Crippen LogP contribution in [0.2, 0.25) is 5.02 Å². The van der Waals surface area contributed by atoms with E-state index in [9.17, 15) is 4.79 Å². The maximum atomic E-state index is 12.0. The highest BCUT2D eigenvalue weighted by Gasteiger charge is 2.06. The van der Waals surface area contributed by atoms with E-state index in [0.29, 0.717) is 10.6 Å². The second-order valence-electron chi connectivity index (χ2n) is 4.24. The molecule has 0 saturated heterocycles. The second-order valence-corrected chi connectivity index (χ2v) is 5.59. The zero-order valence-electron chi connectivity index (χ0n) is 10.4. The molecule has 0 spiro atoms. The zero-order valence-corrected chi connectivity index (χ0v) is 12.8. The molecule has 2 nitrogen and oxygen atoms in total. The van der Waals surface area contributed by atoms with Gasteiger partial charge in [0.05, 0.1) is 6.54 Å². The first-order valence-corrected chi connectivity index (χ1v) is 7.02. The number of halogens is 2. The smallest absolute Gasteiger partial charge is 0.181 e. The Morgan fingerprint density at radius 1 is 1.21 bits per heavy atom. The summed E-state index contributed by atoms with van der Waals surface area (Å²) < 4.78 is 0.961. The van der Waals surface area contributed by atoms with Gasteiger partial charge in [-0.05, 0) is 36.8 Å². The predicted molar refractivity (Wildman–Crippen MR) is 83.2 cm³/mol. The molecular formula is C15H13BrClNO. The fourth-order valence-electron chi connectivity index (χ4n) is 1.70. The van der Waals surface area contributed by atoms with Crippen LogP contribution in [0.5, 0.6) is 0 Å². The van der Waals surface area contributed by atoms with Crippen LogP contribution in [-0.4, -0.2) is 12.3 Å². The Morgan fingerprint density at radius 3 is 2.58 bits per heavy atom. The van der Waals surface area contributed by atoms with Crippen LogP contribution in [-0.2, 0) is 0 Å². The van der Waals surface area contributed by atoms with Crippen LogP contribution >= 0.6 is 27.5 Å². The van der Waals surface area contributed by atoms with E-state index in [1.165, 1.54) is 0 Å². The number of anilines is 1. The molecule has 0 aliphatic heterocycles. The number of benzene rings is 2. The molecule has 0 aromatic heterocycles. The first-order chi connectivity index (χ1) is 9.06. The molecule has 4 heteroatoms. The predicted octanol–water partition coefficient (Wildman–Crippen LogP) is 4.71. The SMILES string of the molecule is Cc1ccc(Cl)cc1NCC(=O)c1ccc(Br)cc1. The molecule has 0 saturated carbocycles. The lowest BCUT2D eigenvalue weighted by molar-refractivity contribution is 0.101. The van der Waals surface area contributed by atoms with E-state index in [0.717, 1.165) is 15.7 Å². The van der Waals surface area contributed by atoms with Gasteiger partial charge in [-0.15, -0.1) is 0 Å². The highest BCUT2D eigenvalue weighted by molar-refractivity contribution is 9.10. The summed E-state index contributed by atoms with van der Waals surface area (Å²) in [6.07, 6.45) is 0. The van der Waals surface area contributed by atoms with E-state index < -0.39 is 0 Å². The standard InChI is InChI=1S/C15H13BrClNO/c1-10-2-7-13(17)8-14(10)18-9-15(19)11-3-5-12(16)6-4-11/h2-8,18H,9H2,1H3. The molecule has 1 N–H and O–H groups in total. The molecule has 19 heavy (non-hydrogen) atoms. The molecule has 0 aliphatic carbocycles. The summed E-state index contributed by atoms with van der Waals surface area (Å²) in [6.45, 7) is 2.23. The van der Waals surface area contributed by atoms with Crippen LogP contribution < -0.4 is 5.32 Å². The highest BCUT2D eigenvalue weighted by Crippen LogP contribution is 2.20. The van der Waals surface area contributed by atoms with E-state index in [-0.39, 0.29) is 12.3 Å². The third kappa shape index (κ3) is 3.82. The number of Topliss-reactive ketones (excluding diaryl/α,β-unsaturated/α-hetero) is 1. The lowest BCUT2D eigenvalue weighted by Crippen LogP contribution is -2.14. The van der Waals surface area contributed by atoms with E-state index in [1.807, 2.05) is 37.3 Å². The summed E-state index contributed by atoms with van der Waals surface area (Å²) in [7, 11) is 0. The van der Waals surface area contributed by atoms with Crippen LogP contribution in [0.4, 0.5) is 5.69 Å². The normalized spacial score (nSPS) is 10.3. The van der Waals surface area contributed by atoms with Gasteiger partial charge in [-0.1, -0.05) is 45.7 Å². The van der Waals surface area contributed by atoms with Crippen LogP contribution in [0.25, 0.3) is 0 Å². The Kier molecular flexibility index (Phi) is 4.61. The Balaban J connectivity index is 2.04. The van der Waals surface area contributed by atoms with Gasteiger partial charge in [0.1, 0.15) is 0 Å². The van der Waals surface area contributed by atoms with Crippen molar-refractivity contribution in [3.63, 3.8) is 0 Å². The van der Waals surface area contributed by atoms with Gasteiger partial charge >= 0.3 is 0 Å². The van der Waals surface area contributed by atoms with Gasteiger partial charge in [0.25, 0.3) is 0 Å². The van der Waals surface area contributed by atoms with Crippen molar-refractivity contribution in [1.82, 2.24) is 0 Å². The van der Waals surface area contributed by atoms with Crippen molar-refractivity contribution in [2.24, 2.45) is 0 Å². The van der Waals surface area contributed by atoms with E-state index in [4.69, 9.17) is 11.6 Å². The Labute approximate surface area is 125 Å². The lowest BCUT2D eigenvalue weighted by Gasteiger charge is -2.09. The number of hydrogen-bond donors (Lipinski definition) is 1. The number of ketones is 1. The number of nitrogens with one attached hydrogen (secondary N) is 1. The number of hydrogen-bond acceptors (Lipinski definition) is 2. The molecule has 98 valence electrons. The summed E-state index contributed by atoms with van der Waals surface area (Å²) in [5.41, 5.74) is 2.64. The first kappa shape index (κ1) is 14.1. The molecule has 0 atom stereocenters. The molecule has 0 heterocycles. The van der Waals surface area contributed by atoms with Crippen molar-refractivity contribution >= 4 is 39.0 Å². The lowest BCUT2D eigenvalue weighted by atomic mass is 10.1. The van der Waals surface area contributed by atoms with Gasteiger partial charge < -0.3 is 5.32 Å². The monoisotopic (exact) mass is 337 g/mol. The molecule has 2 aromatic rings. The van der Waals surface area contributed by atoms with Crippen molar-refractivity contribution in [1.29, 1.82) is 0 Å². The van der Waals surface area contributed by atoms with E-state index in [1.54, 1.807) is 12.1 Å². The van der Waals surface area contributed by atoms with E-state index >= 15 is 0 Å². The Morgan fingerprint density at radius 2 is 1.89 bits per heavy atom. The number of aryl methyl sites for hydroxylation is 1. The fourth-order valence-corrected chi connectivity index (χ4v) is 2.13. The van der Waals surface area contributed by atoms with Gasteiger partial charge in [0.2, 0.25) is 0 Å². The minimum atomic E-state index is 0.0480. The zero-order chi connectivity index (χ0) is 13.8. The maximum absolute atomic E-state index is 12.0. The molecular weight excluding hydrogens is 326 g/mol. The molecule has 0 fully saturated rings. The molecule has 0 aliphatic rings. The molecule has 2 rings (SSSR count). The summed E-state index contributed by atoms with van der Waals surface area (Å²) in [5, 5.41) is 3.78. The van der Waals surface area contributed by atoms with Gasteiger partial charge in [-0.3, -0.25) is 4.79 Å². The Hall–Kier alpha value is -1.32. The van der Waals surface area contributed by atoms with Crippen LogP contribution in [0.15, 0.2) is 46.9 Å². The quantitative estimate of drug-likeness (QED) is 0.818. The Bertz CT molecular complexity index is 596. The van der Waals surface area contributed by atoms with Crippen molar-refractivity contribution in [2.45, 2.75) is 6.92 Å². The van der Waals surface area contributed by atoms with Crippen molar-refractivity contribution in [3.05, 3.63) is 63.1 Å². The van der Waals surface area contributed by atoms with Crippen molar-refractivity contribution in [3.8, 4) is 0 Å². The molecule has 2 aromatic carbocycles. The van der Waals surface area contributed by atoms with Gasteiger partial charge in [-0.2, -0.15) is 0 Å². The molecule has 0 amide bonds.